The van der Waals surface area contributed by atoms with Gasteiger partial charge in [-0.15, -0.1) is 5.10 Å². The Morgan fingerprint density at radius 2 is 1.78 bits per heavy atom. The zero-order chi connectivity index (χ0) is 25.7. The highest BCUT2D eigenvalue weighted by Gasteiger charge is 2.31. The van der Waals surface area contributed by atoms with Crippen LogP contribution in [0.1, 0.15) is 49.6 Å². The minimum absolute atomic E-state index is 0.102. The third kappa shape index (κ3) is 4.12. The van der Waals surface area contributed by atoms with Gasteiger partial charge in [-0.3, -0.25) is 4.98 Å². The third-order valence-corrected chi connectivity index (χ3v) is 7.75. The lowest BCUT2D eigenvalue weighted by molar-refractivity contribution is 0.0552. The van der Waals surface area contributed by atoms with Crippen LogP contribution in [0, 0.1) is 12.8 Å². The maximum atomic E-state index is 10.9. The smallest absolute Gasteiger partial charge is 0.0960 e. The van der Waals surface area contributed by atoms with Gasteiger partial charge in [-0.25, -0.2) is 4.68 Å². The number of nitrogens with zero attached hydrogens (tertiary/aromatic N) is 5. The van der Waals surface area contributed by atoms with Crippen molar-refractivity contribution in [2.45, 2.75) is 45.3 Å². The molecule has 1 aliphatic rings. The van der Waals surface area contributed by atoms with Crippen molar-refractivity contribution in [1.82, 2.24) is 24.5 Å². The van der Waals surface area contributed by atoms with Crippen molar-refractivity contribution in [1.29, 1.82) is 0 Å². The highest BCUT2D eigenvalue weighted by atomic mass is 16.5. The Bertz CT molecular complexity index is 1550. The molecule has 0 aliphatic carbocycles. The van der Waals surface area contributed by atoms with Gasteiger partial charge in [0.2, 0.25) is 0 Å². The molecule has 6 rings (SSSR count). The molecular weight excluding hydrogens is 462 g/mol. The lowest BCUT2D eigenvalue weighted by Gasteiger charge is -2.33. The van der Waals surface area contributed by atoms with Crippen LogP contribution in [0.15, 0.2) is 60.8 Å². The Morgan fingerprint density at radius 3 is 2.46 bits per heavy atom. The van der Waals surface area contributed by atoms with Gasteiger partial charge in [0.25, 0.3) is 0 Å². The molecule has 5 aromatic rings. The fourth-order valence-corrected chi connectivity index (χ4v) is 5.88. The van der Waals surface area contributed by atoms with Gasteiger partial charge in [0.05, 0.1) is 39.6 Å². The average molecular weight is 496 g/mol. The molecule has 4 heterocycles. The van der Waals surface area contributed by atoms with Gasteiger partial charge >= 0.3 is 0 Å². The Kier molecular flexibility index (Phi) is 5.85. The number of pyridine rings is 1. The van der Waals surface area contributed by atoms with Crippen LogP contribution in [0.25, 0.3) is 33.2 Å². The normalized spacial score (nSPS) is 16.0. The number of hydrogen-bond donors (Lipinski definition) is 1. The van der Waals surface area contributed by atoms with E-state index in [1.165, 1.54) is 5.56 Å². The molecule has 0 unspecified atom stereocenters. The van der Waals surface area contributed by atoms with Gasteiger partial charge in [0, 0.05) is 37.4 Å². The first-order chi connectivity index (χ1) is 17.8. The SMILES string of the molecule is Cc1nnn(C)c1-c1cnc2c3ccc(C(C)(C)O)cc3n([C@@H](c3ccccc3)C3CCOCC3)c2c1. The van der Waals surface area contributed by atoms with Crippen molar-refractivity contribution < 1.29 is 9.84 Å². The minimum atomic E-state index is -0.952. The first kappa shape index (κ1) is 23.8. The second-order valence-corrected chi connectivity index (χ2v) is 10.7. The number of hydrogen-bond acceptors (Lipinski definition) is 5. The van der Waals surface area contributed by atoms with Crippen molar-refractivity contribution in [3.8, 4) is 11.3 Å². The molecule has 1 aliphatic heterocycles. The molecule has 190 valence electrons. The van der Waals surface area contributed by atoms with E-state index in [-0.39, 0.29) is 6.04 Å². The molecule has 0 saturated carbocycles. The van der Waals surface area contributed by atoms with Crippen molar-refractivity contribution in [3.05, 3.63) is 77.6 Å². The van der Waals surface area contributed by atoms with Crippen molar-refractivity contribution in [2.24, 2.45) is 13.0 Å². The second-order valence-electron chi connectivity index (χ2n) is 10.7. The van der Waals surface area contributed by atoms with Gasteiger partial charge in [0.15, 0.2) is 0 Å². The fourth-order valence-electron chi connectivity index (χ4n) is 5.88. The van der Waals surface area contributed by atoms with Gasteiger partial charge in [-0.05, 0) is 62.8 Å². The number of benzene rings is 2. The summed E-state index contributed by atoms with van der Waals surface area (Å²) in [5, 5.41) is 20.5. The van der Waals surface area contributed by atoms with Crippen LogP contribution in [0.2, 0.25) is 0 Å². The summed E-state index contributed by atoms with van der Waals surface area (Å²) in [5.74, 6) is 0.407. The molecule has 0 bridgehead atoms. The molecule has 3 aromatic heterocycles. The van der Waals surface area contributed by atoms with Crippen molar-refractivity contribution >= 4 is 21.9 Å². The number of fused-ring (bicyclic) bond motifs is 3. The van der Waals surface area contributed by atoms with Crippen LogP contribution in [0.4, 0.5) is 0 Å². The summed E-state index contributed by atoms with van der Waals surface area (Å²) < 4.78 is 10.0. The quantitative estimate of drug-likeness (QED) is 0.347. The minimum Gasteiger partial charge on any atom is -0.386 e. The molecule has 37 heavy (non-hydrogen) atoms. The van der Waals surface area contributed by atoms with E-state index in [1.54, 1.807) is 0 Å². The zero-order valence-corrected chi connectivity index (χ0v) is 21.8. The van der Waals surface area contributed by atoms with E-state index in [0.29, 0.717) is 5.92 Å². The Morgan fingerprint density at radius 1 is 1.03 bits per heavy atom. The summed E-state index contributed by atoms with van der Waals surface area (Å²) in [6, 6.07) is 19.4. The number of rotatable bonds is 5. The summed E-state index contributed by atoms with van der Waals surface area (Å²) in [6.07, 6.45) is 3.90. The van der Waals surface area contributed by atoms with Gasteiger partial charge in [-0.2, -0.15) is 0 Å². The lowest BCUT2D eigenvalue weighted by atomic mass is 9.86. The summed E-state index contributed by atoms with van der Waals surface area (Å²) in [7, 11) is 1.92. The molecule has 2 aromatic carbocycles. The number of aryl methyl sites for hydroxylation is 2. The first-order valence-electron chi connectivity index (χ1n) is 13.0. The van der Waals surface area contributed by atoms with Crippen molar-refractivity contribution in [3.63, 3.8) is 0 Å². The van der Waals surface area contributed by atoms with Gasteiger partial charge < -0.3 is 14.4 Å². The summed E-state index contributed by atoms with van der Waals surface area (Å²) in [4.78, 5) is 5.00. The Balaban J connectivity index is 1.69. The molecule has 0 amide bonds. The van der Waals surface area contributed by atoms with Crippen LogP contribution in [-0.4, -0.2) is 42.9 Å². The van der Waals surface area contributed by atoms with E-state index in [9.17, 15) is 5.11 Å². The van der Waals surface area contributed by atoms with Crippen LogP contribution in [0.3, 0.4) is 0 Å². The maximum Gasteiger partial charge on any atom is 0.0960 e. The Hall–Kier alpha value is -3.55. The molecule has 1 fully saturated rings. The van der Waals surface area contributed by atoms with Gasteiger partial charge in [0.1, 0.15) is 0 Å². The highest BCUT2D eigenvalue weighted by molar-refractivity contribution is 6.07. The molecule has 0 spiro atoms. The van der Waals surface area contributed by atoms with E-state index in [4.69, 9.17) is 9.72 Å². The molecular formula is C30H33N5O2. The van der Waals surface area contributed by atoms with Crippen LogP contribution in [-0.2, 0) is 17.4 Å². The topological polar surface area (TPSA) is 78.0 Å². The lowest BCUT2D eigenvalue weighted by Crippen LogP contribution is -2.27. The molecule has 0 radical (unpaired) electrons. The third-order valence-electron chi connectivity index (χ3n) is 7.75. The van der Waals surface area contributed by atoms with Crippen LogP contribution < -0.4 is 0 Å². The second kappa shape index (κ2) is 9.08. The standard InChI is InChI=1S/C30H33N5O2/c1-19-28(34(4)33-32-19)22-16-26-27(31-18-22)24-11-10-23(30(2,3)36)17-25(24)35(26)29(20-8-6-5-7-9-20)21-12-14-37-15-13-21/h5-11,16-18,21,29,36H,12-15H2,1-4H3/t29-/m0/s1. The molecule has 7 heteroatoms. The Labute approximate surface area is 216 Å². The summed E-state index contributed by atoms with van der Waals surface area (Å²) in [5.41, 5.74) is 7.14. The summed E-state index contributed by atoms with van der Waals surface area (Å²) in [6.45, 7) is 7.19. The first-order valence-corrected chi connectivity index (χ1v) is 13.0. The predicted molar refractivity (Wildman–Crippen MR) is 145 cm³/mol. The largest absolute Gasteiger partial charge is 0.386 e. The number of ether oxygens (including phenoxy) is 1. The van der Waals surface area contributed by atoms with E-state index in [0.717, 1.165) is 70.5 Å². The maximum absolute atomic E-state index is 10.9. The van der Waals surface area contributed by atoms with E-state index >= 15 is 0 Å². The zero-order valence-electron chi connectivity index (χ0n) is 21.8. The van der Waals surface area contributed by atoms with Crippen LogP contribution >= 0.6 is 0 Å². The van der Waals surface area contributed by atoms with Crippen molar-refractivity contribution in [2.75, 3.05) is 13.2 Å². The summed E-state index contributed by atoms with van der Waals surface area (Å²) >= 11 is 0. The molecule has 7 nitrogen and oxygen atoms in total. The van der Waals surface area contributed by atoms with Gasteiger partial charge in [-0.1, -0.05) is 47.7 Å². The van der Waals surface area contributed by atoms with Crippen LogP contribution in [0.5, 0.6) is 0 Å². The van der Waals surface area contributed by atoms with E-state index < -0.39 is 5.60 Å². The van der Waals surface area contributed by atoms with E-state index in [2.05, 4.69) is 63.4 Å². The number of aromatic nitrogens is 5. The predicted octanol–water partition coefficient (Wildman–Crippen LogP) is 5.54. The van der Waals surface area contributed by atoms with E-state index in [1.807, 2.05) is 44.8 Å². The molecule has 1 saturated heterocycles. The highest BCUT2D eigenvalue weighted by Crippen LogP contribution is 2.42. The average Bonchev–Trinajstić information content (AvgIpc) is 3.40. The fraction of sp³-hybridized carbons (Fsp3) is 0.367. The molecule has 1 N–H and O–H groups in total. The number of aliphatic hydroxyl groups is 1. The monoisotopic (exact) mass is 495 g/mol. The molecule has 1 atom stereocenters.